The van der Waals surface area contributed by atoms with Crippen LogP contribution >= 0.6 is 22.9 Å². The number of fused-ring (bicyclic) bond motifs is 6. The number of thiophene rings is 1. The highest BCUT2D eigenvalue weighted by Gasteiger charge is 2.37. The summed E-state index contributed by atoms with van der Waals surface area (Å²) in [6, 6.07) is 29.8. The van der Waals surface area contributed by atoms with Crippen molar-refractivity contribution in [3.8, 4) is 33.9 Å². The smallest absolute Gasteiger partial charge is 0.208 e. The maximum atomic E-state index is 6.49. The highest BCUT2D eigenvalue weighted by Crippen LogP contribution is 2.51. The second-order valence-electron chi connectivity index (χ2n) is 9.46. The van der Waals surface area contributed by atoms with E-state index in [0.29, 0.717) is 11.6 Å². The van der Waals surface area contributed by atoms with Gasteiger partial charge in [0.25, 0.3) is 0 Å². The van der Waals surface area contributed by atoms with Crippen LogP contribution in [0.4, 0.5) is 0 Å². The molecule has 0 aliphatic heterocycles. The Morgan fingerprint density at radius 2 is 1.37 bits per heavy atom. The zero-order chi connectivity index (χ0) is 23.7. The molecule has 0 radical (unpaired) electrons. The third kappa shape index (κ3) is 3.07. The quantitative estimate of drug-likeness (QED) is 0.244. The van der Waals surface area contributed by atoms with Crippen LogP contribution in [0.25, 0.3) is 54.1 Å². The van der Waals surface area contributed by atoms with E-state index in [1.165, 1.54) is 42.4 Å². The van der Waals surface area contributed by atoms with Gasteiger partial charge in [0.2, 0.25) is 5.28 Å². The Kier molecular flexibility index (Phi) is 4.41. The summed E-state index contributed by atoms with van der Waals surface area (Å²) in [6.45, 7) is 4.53. The molecule has 0 amide bonds. The van der Waals surface area contributed by atoms with Crippen LogP contribution in [-0.4, -0.2) is 15.0 Å². The summed E-state index contributed by atoms with van der Waals surface area (Å²) in [5.41, 5.74) is 6.80. The molecule has 35 heavy (non-hydrogen) atoms. The molecule has 2 heterocycles. The lowest BCUT2D eigenvalue weighted by atomic mass is 9.80. The Labute approximate surface area is 212 Å². The van der Waals surface area contributed by atoms with Crippen molar-refractivity contribution in [2.24, 2.45) is 0 Å². The van der Waals surface area contributed by atoms with E-state index in [2.05, 4.69) is 109 Å². The van der Waals surface area contributed by atoms with Crippen LogP contribution in [0.3, 0.4) is 0 Å². The summed E-state index contributed by atoms with van der Waals surface area (Å²) in [5.74, 6) is 1.19. The normalized spacial score (nSPS) is 13.8. The maximum absolute atomic E-state index is 6.49. The average Bonchev–Trinajstić information content (AvgIpc) is 3.36. The van der Waals surface area contributed by atoms with Crippen molar-refractivity contribution in [2.45, 2.75) is 19.3 Å². The monoisotopic (exact) mass is 489 g/mol. The molecule has 0 N–H and O–H groups in total. The molecule has 0 atom stereocenters. The Hall–Kier alpha value is -3.60. The first-order valence-corrected chi connectivity index (χ1v) is 12.8. The number of hydrogen-bond acceptors (Lipinski definition) is 4. The van der Waals surface area contributed by atoms with Gasteiger partial charge >= 0.3 is 0 Å². The van der Waals surface area contributed by atoms with Gasteiger partial charge in [-0.1, -0.05) is 74.5 Å². The molecule has 0 saturated carbocycles. The van der Waals surface area contributed by atoms with Gasteiger partial charge in [0.15, 0.2) is 11.6 Å². The van der Waals surface area contributed by atoms with E-state index >= 15 is 0 Å². The van der Waals surface area contributed by atoms with Crippen LogP contribution in [0.5, 0.6) is 0 Å². The van der Waals surface area contributed by atoms with Crippen molar-refractivity contribution in [2.75, 3.05) is 0 Å². The first-order valence-electron chi connectivity index (χ1n) is 11.6. The van der Waals surface area contributed by atoms with Gasteiger partial charge in [0.1, 0.15) is 0 Å². The minimum Gasteiger partial charge on any atom is -0.208 e. The van der Waals surface area contributed by atoms with E-state index < -0.39 is 0 Å². The van der Waals surface area contributed by atoms with Crippen LogP contribution in [0.2, 0.25) is 5.28 Å². The molecule has 0 saturated heterocycles. The highest BCUT2D eigenvalue weighted by atomic mass is 35.5. The predicted molar refractivity (Wildman–Crippen MR) is 146 cm³/mol. The van der Waals surface area contributed by atoms with Gasteiger partial charge in [-0.3, -0.25) is 0 Å². The summed E-state index contributed by atoms with van der Waals surface area (Å²) < 4.78 is 2.52. The number of halogens is 1. The third-order valence-corrected chi connectivity index (χ3v) is 8.38. The maximum Gasteiger partial charge on any atom is 0.226 e. The summed E-state index contributed by atoms with van der Waals surface area (Å²) >= 11 is 8.29. The largest absolute Gasteiger partial charge is 0.226 e. The zero-order valence-electron chi connectivity index (χ0n) is 19.2. The van der Waals surface area contributed by atoms with E-state index in [1.54, 1.807) is 11.3 Å². The molecule has 0 unspecified atom stereocenters. The lowest BCUT2D eigenvalue weighted by Crippen LogP contribution is -2.16. The second-order valence-corrected chi connectivity index (χ2v) is 10.9. The Balaban J connectivity index is 1.42. The van der Waals surface area contributed by atoms with Gasteiger partial charge in [-0.05, 0) is 58.1 Å². The summed E-state index contributed by atoms with van der Waals surface area (Å²) in [4.78, 5) is 14.0. The molecule has 0 spiro atoms. The van der Waals surface area contributed by atoms with Gasteiger partial charge < -0.3 is 0 Å². The average molecular weight is 490 g/mol. The van der Waals surface area contributed by atoms with Crippen molar-refractivity contribution in [1.82, 2.24) is 15.0 Å². The highest BCUT2D eigenvalue weighted by molar-refractivity contribution is 7.25. The first-order chi connectivity index (χ1) is 17.0. The molecule has 1 aliphatic rings. The topological polar surface area (TPSA) is 38.7 Å². The Bertz CT molecular complexity index is 1800. The van der Waals surface area contributed by atoms with Gasteiger partial charge in [0.05, 0.1) is 0 Å². The molecule has 2 aromatic heterocycles. The fourth-order valence-electron chi connectivity index (χ4n) is 5.50. The number of aromatic nitrogens is 3. The van der Waals surface area contributed by atoms with Crippen molar-refractivity contribution in [3.63, 3.8) is 0 Å². The van der Waals surface area contributed by atoms with Crippen molar-refractivity contribution in [1.29, 1.82) is 0 Å². The van der Waals surface area contributed by atoms with Crippen LogP contribution in [-0.2, 0) is 5.41 Å². The lowest BCUT2D eigenvalue weighted by molar-refractivity contribution is 0.661. The van der Waals surface area contributed by atoms with Gasteiger partial charge in [-0.15, -0.1) is 11.3 Å². The van der Waals surface area contributed by atoms with E-state index in [0.717, 1.165) is 11.1 Å². The number of nitrogens with zero attached hydrogens (tertiary/aromatic N) is 3. The van der Waals surface area contributed by atoms with E-state index in [9.17, 15) is 0 Å². The van der Waals surface area contributed by atoms with E-state index in [4.69, 9.17) is 16.6 Å². The Morgan fingerprint density at radius 1 is 0.657 bits per heavy atom. The van der Waals surface area contributed by atoms with Gasteiger partial charge in [-0.2, -0.15) is 9.97 Å². The molecule has 1 aliphatic carbocycles. The minimum atomic E-state index is -0.170. The molecule has 4 aromatic carbocycles. The van der Waals surface area contributed by atoms with Crippen LogP contribution in [0.15, 0.2) is 84.9 Å². The Morgan fingerprint density at radius 3 is 2.29 bits per heavy atom. The van der Waals surface area contributed by atoms with Crippen LogP contribution in [0, 0.1) is 0 Å². The summed E-state index contributed by atoms with van der Waals surface area (Å²) in [7, 11) is 0. The third-order valence-electron chi connectivity index (χ3n) is 7.06. The van der Waals surface area contributed by atoms with Gasteiger partial charge in [0, 0.05) is 36.7 Å². The predicted octanol–water partition coefficient (Wildman–Crippen LogP) is 8.53. The molecule has 6 aromatic rings. The van der Waals surface area contributed by atoms with Crippen molar-refractivity contribution < 1.29 is 0 Å². The fraction of sp³-hybridized carbons (Fsp3) is 0.100. The van der Waals surface area contributed by atoms with Gasteiger partial charge in [-0.25, -0.2) is 4.98 Å². The first kappa shape index (κ1) is 20.7. The SMILES string of the molecule is CC1(C)c2ccccc2-c2cccc(-c3nc(Cl)nc(-c4ccc5sc6ccccc6c5c4)n3)c21. The molecule has 7 rings (SSSR count). The molecular weight excluding hydrogens is 470 g/mol. The minimum absolute atomic E-state index is 0.170. The van der Waals surface area contributed by atoms with Crippen LogP contribution < -0.4 is 0 Å². The summed E-state index contributed by atoms with van der Waals surface area (Å²) in [5, 5.41) is 2.65. The number of benzene rings is 4. The zero-order valence-corrected chi connectivity index (χ0v) is 20.8. The van der Waals surface area contributed by atoms with E-state index in [1.807, 2.05) is 0 Å². The van der Waals surface area contributed by atoms with Crippen molar-refractivity contribution >= 4 is 43.1 Å². The van der Waals surface area contributed by atoms with Crippen molar-refractivity contribution in [3.05, 3.63) is 101 Å². The van der Waals surface area contributed by atoms with E-state index in [-0.39, 0.29) is 10.7 Å². The molecule has 3 nitrogen and oxygen atoms in total. The number of rotatable bonds is 2. The molecule has 5 heteroatoms. The molecular formula is C30H20ClN3S. The fourth-order valence-corrected chi connectivity index (χ4v) is 6.75. The lowest BCUT2D eigenvalue weighted by Gasteiger charge is -2.24. The molecule has 0 bridgehead atoms. The second kappa shape index (κ2) is 7.45. The standard InChI is InChI=1S/C30H20ClN3S/c1-30(2)23-12-5-3-8-18(23)20-10-7-11-21(26(20)30)28-32-27(33-29(31)34-28)17-14-15-25-22(16-17)19-9-4-6-13-24(19)35-25/h3-16H,1-2H3. The molecule has 168 valence electrons. The van der Waals surface area contributed by atoms with Crippen LogP contribution in [0.1, 0.15) is 25.0 Å². The molecule has 0 fully saturated rings. The summed E-state index contributed by atoms with van der Waals surface area (Å²) in [6.07, 6.45) is 0. The number of hydrogen-bond donors (Lipinski definition) is 0.